The van der Waals surface area contributed by atoms with Crippen molar-refractivity contribution < 1.29 is 56.5 Å². The molecular weight excluding hydrogens is 839 g/mol. The van der Waals surface area contributed by atoms with Crippen molar-refractivity contribution >= 4 is 66.4 Å². The number of carbonyl (C=O) groups is 4. The van der Waals surface area contributed by atoms with Crippen molar-refractivity contribution in [2.75, 3.05) is 57.3 Å². The number of hydrogen-bond donors (Lipinski definition) is 4. The third-order valence-electron chi connectivity index (χ3n) is 7.19. The Morgan fingerprint density at radius 2 is 1.37 bits per heavy atom. The van der Waals surface area contributed by atoms with E-state index >= 15 is 0 Å². The molecule has 0 aromatic carbocycles. The fourth-order valence-electron chi connectivity index (χ4n) is 4.58. The zero-order valence-electron chi connectivity index (χ0n) is 29.3. The first kappa shape index (κ1) is 47.7. The quantitative estimate of drug-likeness (QED) is 0.0185. The Kier molecular flexibility index (Phi) is 24.9. The van der Waals surface area contributed by atoms with E-state index in [0.29, 0.717) is 43.9 Å². The molecule has 54 heavy (non-hydrogen) atoms. The van der Waals surface area contributed by atoms with Crippen LogP contribution in [-0.2, 0) is 79.9 Å². The van der Waals surface area contributed by atoms with Crippen LogP contribution in [0.2, 0.25) is 0 Å². The molecule has 0 saturated heterocycles. The Bertz CT molecular complexity index is 1530. The minimum absolute atomic E-state index is 0.0437. The number of hydrogen-bond acceptors (Lipinski definition) is 16. The number of aryl methyl sites for hydroxylation is 2. The van der Waals surface area contributed by atoms with Crippen LogP contribution in [0.4, 0.5) is 11.6 Å². The molecule has 0 spiro atoms. The average molecular weight is 883 g/mol. The van der Waals surface area contributed by atoms with Crippen molar-refractivity contribution in [2.45, 2.75) is 57.7 Å². The molecule has 25 heteroatoms. The number of nitrogens with zero attached hydrogens (tertiary/aromatic N) is 8. The number of aromatic nitrogens is 4. The van der Waals surface area contributed by atoms with Gasteiger partial charge in [0.25, 0.3) is 0 Å². The molecule has 22 nitrogen and oxygen atoms in total. The Hall–Kier alpha value is -4.32. The van der Waals surface area contributed by atoms with Gasteiger partial charge in [-0.1, -0.05) is 0 Å². The Labute approximate surface area is 332 Å². The Morgan fingerprint density at radius 3 is 1.93 bits per heavy atom. The summed E-state index contributed by atoms with van der Waals surface area (Å²) in [5.74, 6) is -1.90. The molecule has 4 amide bonds. The third kappa shape index (κ3) is 20.8. The van der Waals surface area contributed by atoms with Crippen molar-refractivity contribution in [3.8, 4) is 0 Å². The molecule has 0 aliphatic rings. The fraction of sp³-hybridized carbons (Fsp3) is 0.621. The SMILES string of the molecule is O=C(CCn1cnc([N+](=O)[O-])c1)NCCCC[C@H](NC(=O)CCn1cnc([N+](=O)[O-])c1)C(=O)NCCCNC(=O)CN(CC[S-])CC([O-])=NCC[S-].[O]=[99Tc+3]. The second-order valence-electron chi connectivity index (χ2n) is 11.3. The first-order valence-electron chi connectivity index (χ1n) is 16.6. The number of carbonyl (C=O) groups excluding carboxylic acids is 4. The maximum absolute atomic E-state index is 13.1. The number of nitro groups is 2. The number of nitrogens with one attached hydrogen (secondary N) is 4. The first-order chi connectivity index (χ1) is 25.9. The average Bonchev–Trinajstić information content (AvgIpc) is 3.83. The summed E-state index contributed by atoms with van der Waals surface area (Å²) in [6, 6.07) is -0.914. The van der Waals surface area contributed by atoms with Crippen LogP contribution in [0.25, 0.3) is 0 Å². The first-order valence-corrected chi connectivity index (χ1v) is 18.5. The topological polar surface area (TPSA) is 294 Å². The van der Waals surface area contributed by atoms with Crippen molar-refractivity contribution in [1.29, 1.82) is 0 Å². The molecule has 2 heterocycles. The zero-order chi connectivity index (χ0) is 40.3. The molecule has 2 aromatic rings. The van der Waals surface area contributed by atoms with E-state index < -0.39 is 27.7 Å². The van der Waals surface area contributed by atoms with Crippen molar-refractivity contribution in [3.63, 3.8) is 0 Å². The molecule has 0 aliphatic heterocycles. The fourth-order valence-corrected chi connectivity index (χ4v) is 4.93. The summed E-state index contributed by atoms with van der Waals surface area (Å²) in [5, 5.41) is 44.5. The van der Waals surface area contributed by atoms with E-state index in [4.69, 9.17) is 28.8 Å². The molecular formula is C29H43N12O10S2Tc. The van der Waals surface area contributed by atoms with E-state index in [1.807, 2.05) is 0 Å². The van der Waals surface area contributed by atoms with Crippen LogP contribution < -0.4 is 26.4 Å². The molecule has 0 bridgehead atoms. The zero-order valence-corrected chi connectivity index (χ0v) is 32.8. The summed E-state index contributed by atoms with van der Waals surface area (Å²) in [6.07, 6.45) is 6.51. The van der Waals surface area contributed by atoms with E-state index in [-0.39, 0.29) is 94.4 Å². The molecule has 0 unspecified atom stereocenters. The second kappa shape index (κ2) is 28.2. The van der Waals surface area contributed by atoms with Gasteiger partial charge in [0.2, 0.25) is 36.3 Å². The van der Waals surface area contributed by atoms with Gasteiger partial charge >= 0.3 is 34.0 Å². The molecule has 2 rings (SSSR count). The van der Waals surface area contributed by atoms with E-state index in [1.165, 1.54) is 34.2 Å². The van der Waals surface area contributed by atoms with E-state index in [0.717, 1.165) is 18.9 Å². The summed E-state index contributed by atoms with van der Waals surface area (Å²) in [4.78, 5) is 83.5. The molecule has 0 fully saturated rings. The summed E-state index contributed by atoms with van der Waals surface area (Å²) >= 11 is 10.7. The van der Waals surface area contributed by atoms with Crippen LogP contribution in [-0.4, -0.2) is 127 Å². The van der Waals surface area contributed by atoms with Gasteiger partial charge in [-0.05, 0) is 57.9 Å². The van der Waals surface area contributed by atoms with Crippen LogP contribution in [0, 0.1) is 20.2 Å². The van der Waals surface area contributed by atoms with Crippen LogP contribution in [0.15, 0.2) is 30.0 Å². The van der Waals surface area contributed by atoms with Gasteiger partial charge in [-0.25, -0.2) is 0 Å². The molecule has 0 aliphatic carbocycles. The summed E-state index contributed by atoms with van der Waals surface area (Å²) in [5.41, 5.74) is 0. The van der Waals surface area contributed by atoms with Crippen LogP contribution in [0.1, 0.15) is 38.5 Å². The van der Waals surface area contributed by atoms with Crippen LogP contribution >= 0.6 is 0 Å². The molecule has 1 atom stereocenters. The van der Waals surface area contributed by atoms with Crippen LogP contribution in [0.5, 0.6) is 0 Å². The number of aliphatic imine (C=N–C) groups is 1. The van der Waals surface area contributed by atoms with Crippen molar-refractivity contribution in [1.82, 2.24) is 45.3 Å². The minimum atomic E-state index is -0.914. The molecule has 0 radical (unpaired) electrons. The predicted molar refractivity (Wildman–Crippen MR) is 190 cm³/mol. The van der Waals surface area contributed by atoms with Gasteiger partial charge in [-0.2, -0.15) is 11.5 Å². The van der Waals surface area contributed by atoms with Gasteiger partial charge in [0.15, 0.2) is 0 Å². The standard InChI is InChI=1S/C29H46N12O9S2.O.Tc/c42-25(5-11-38-16-23(34-20-38)40(47)48)30-7-2-1-4-22(36-26(43)6-12-39-17-24(35-21-39)41(49)50)29(46)33-9-3-8-31-27(44)18-37(13-15-52)19-28(45)32-10-14-51;;/h16-17,20-22,51-52H,1-15,18-19H2,(H,30,42)(H,31,44)(H,32,45)(H,33,46)(H,36,43);;/q;;+3/p-3/t22-;;/m0../s1/i;;1+1. The van der Waals surface area contributed by atoms with Gasteiger partial charge in [-0.15, -0.1) is 0 Å². The summed E-state index contributed by atoms with van der Waals surface area (Å²) in [6.45, 7) is 1.53. The van der Waals surface area contributed by atoms with E-state index in [2.05, 4.69) is 36.2 Å². The van der Waals surface area contributed by atoms with Gasteiger partial charge < -0.3 is 86.0 Å². The normalized spacial score (nSPS) is 11.6. The van der Waals surface area contributed by atoms with Crippen LogP contribution in [0.3, 0.4) is 0 Å². The summed E-state index contributed by atoms with van der Waals surface area (Å²) < 4.78 is 11.1. The number of amides is 4. The van der Waals surface area contributed by atoms with Gasteiger partial charge in [0.05, 0.1) is 6.54 Å². The van der Waals surface area contributed by atoms with Gasteiger partial charge in [0.1, 0.15) is 18.4 Å². The predicted octanol–water partition coefficient (Wildman–Crippen LogP) is -2.20. The number of unbranched alkanes of at least 4 members (excludes halogenated alkanes) is 1. The van der Waals surface area contributed by atoms with Crippen molar-refractivity contribution in [2.24, 2.45) is 4.99 Å². The monoisotopic (exact) mass is 882 g/mol. The molecule has 0 saturated carbocycles. The number of rotatable bonds is 27. The van der Waals surface area contributed by atoms with Gasteiger partial charge in [0, 0.05) is 58.7 Å². The molecule has 4 N–H and O–H groups in total. The molecule has 298 valence electrons. The maximum atomic E-state index is 13.1. The molecule has 2 aromatic heterocycles. The third-order valence-corrected chi connectivity index (χ3v) is 7.55. The second-order valence-corrected chi connectivity index (χ2v) is 12.1. The Balaban J connectivity index is 0.00000716. The Morgan fingerprint density at radius 1 is 0.815 bits per heavy atom. The van der Waals surface area contributed by atoms with Gasteiger partial charge in [-0.3, -0.25) is 24.1 Å². The van der Waals surface area contributed by atoms with E-state index in [1.54, 1.807) is 4.90 Å². The number of imidazole rings is 2. The van der Waals surface area contributed by atoms with E-state index in [9.17, 15) is 44.5 Å². The summed E-state index contributed by atoms with van der Waals surface area (Å²) in [7, 11) is 0. The van der Waals surface area contributed by atoms with Crippen molar-refractivity contribution in [3.05, 3.63) is 45.3 Å².